The van der Waals surface area contributed by atoms with E-state index in [1.165, 1.54) is 0 Å². The molecule has 0 radical (unpaired) electrons. The van der Waals surface area contributed by atoms with Crippen molar-refractivity contribution in [1.29, 1.82) is 5.26 Å². The van der Waals surface area contributed by atoms with E-state index in [1.807, 2.05) is 38.1 Å². The number of benzene rings is 2. The van der Waals surface area contributed by atoms with Crippen LogP contribution in [0.4, 0.5) is 0 Å². The summed E-state index contributed by atoms with van der Waals surface area (Å²) in [6.07, 6.45) is 0. The molecule has 2 N–H and O–H groups in total. The molecule has 0 saturated heterocycles. The van der Waals surface area contributed by atoms with Gasteiger partial charge in [-0.1, -0.05) is 0 Å². The van der Waals surface area contributed by atoms with Crippen molar-refractivity contribution in [1.82, 2.24) is 9.97 Å². The van der Waals surface area contributed by atoms with Crippen molar-refractivity contribution in [3.05, 3.63) is 46.6 Å². The second kappa shape index (κ2) is 5.38. The topological polar surface area (TPSA) is 81.7 Å². The highest BCUT2D eigenvalue weighted by atomic mass is 16.5. The number of aromatic amines is 2. The van der Waals surface area contributed by atoms with Crippen LogP contribution >= 0.6 is 0 Å². The molecule has 2 aromatic heterocycles. The van der Waals surface area contributed by atoms with Gasteiger partial charge in [-0.05, 0) is 56.2 Å². The predicted molar refractivity (Wildman–Crippen MR) is 97.8 cm³/mol. The Hall–Kier alpha value is -3.26. The number of nitrogens with one attached hydrogen (secondary N) is 2. The summed E-state index contributed by atoms with van der Waals surface area (Å²) in [7, 11) is 0. The average Bonchev–Trinajstić information content (AvgIpc) is 3.13. The molecule has 0 amide bonds. The molecular formula is C20H17N3O2. The molecule has 0 aliphatic heterocycles. The first kappa shape index (κ1) is 15.3. The van der Waals surface area contributed by atoms with Crippen molar-refractivity contribution in [3.63, 3.8) is 0 Å². The number of aryl methyl sites for hydroxylation is 2. The van der Waals surface area contributed by atoms with Crippen LogP contribution in [0.3, 0.4) is 0 Å². The van der Waals surface area contributed by atoms with E-state index in [4.69, 9.17) is 10.00 Å². The number of H-pyrrole nitrogens is 2. The molecule has 0 fully saturated rings. The normalized spacial score (nSPS) is 11.3. The summed E-state index contributed by atoms with van der Waals surface area (Å²) in [5.74, 6) is -0.337. The maximum absolute atomic E-state index is 12.2. The van der Waals surface area contributed by atoms with E-state index in [0.29, 0.717) is 17.9 Å². The van der Waals surface area contributed by atoms with Crippen molar-refractivity contribution in [2.45, 2.75) is 20.8 Å². The molecule has 0 aliphatic carbocycles. The number of carbonyl (C=O) groups excluding carboxylic acids is 1. The smallest absolute Gasteiger partial charge is 0.355 e. The van der Waals surface area contributed by atoms with E-state index in [2.05, 4.69) is 16.0 Å². The first-order valence-corrected chi connectivity index (χ1v) is 8.19. The number of aromatic nitrogens is 2. The number of nitrogens with zero attached hydrogens (tertiary/aromatic N) is 1. The van der Waals surface area contributed by atoms with E-state index < -0.39 is 0 Å². The van der Waals surface area contributed by atoms with Crippen LogP contribution in [-0.4, -0.2) is 22.5 Å². The fraction of sp³-hybridized carbons (Fsp3) is 0.200. The molecular weight excluding hydrogens is 314 g/mol. The van der Waals surface area contributed by atoms with Crippen molar-refractivity contribution >= 4 is 38.7 Å². The largest absolute Gasteiger partial charge is 0.461 e. The number of carbonyl (C=O) groups is 1. The lowest BCUT2D eigenvalue weighted by Crippen LogP contribution is -2.06. The number of hydrogen-bond acceptors (Lipinski definition) is 3. The zero-order valence-corrected chi connectivity index (χ0v) is 14.3. The van der Waals surface area contributed by atoms with Crippen LogP contribution in [-0.2, 0) is 4.74 Å². The number of hydrogen-bond donors (Lipinski definition) is 2. The number of fused-ring (bicyclic) bond motifs is 4. The highest BCUT2D eigenvalue weighted by Crippen LogP contribution is 2.35. The van der Waals surface area contributed by atoms with Crippen LogP contribution in [0.1, 0.15) is 34.1 Å². The Morgan fingerprint density at radius 2 is 1.92 bits per heavy atom. The lowest BCUT2D eigenvalue weighted by molar-refractivity contribution is 0.0520. The van der Waals surface area contributed by atoms with Crippen LogP contribution in [0, 0.1) is 25.2 Å². The maximum Gasteiger partial charge on any atom is 0.355 e. The lowest BCUT2D eigenvalue weighted by Gasteiger charge is -2.02. The van der Waals surface area contributed by atoms with Crippen LogP contribution in [0.15, 0.2) is 24.3 Å². The molecule has 25 heavy (non-hydrogen) atoms. The van der Waals surface area contributed by atoms with Gasteiger partial charge < -0.3 is 14.7 Å². The Kier molecular flexibility index (Phi) is 3.29. The fourth-order valence-corrected chi connectivity index (χ4v) is 3.61. The van der Waals surface area contributed by atoms with E-state index in [9.17, 15) is 4.79 Å². The number of nitriles is 1. The minimum atomic E-state index is -0.337. The van der Waals surface area contributed by atoms with Crippen LogP contribution < -0.4 is 0 Å². The Balaban J connectivity index is 2.08. The summed E-state index contributed by atoms with van der Waals surface area (Å²) in [5.41, 5.74) is 6.00. The van der Waals surface area contributed by atoms with Crippen LogP contribution in [0.25, 0.3) is 32.7 Å². The van der Waals surface area contributed by atoms with Gasteiger partial charge in [-0.25, -0.2) is 4.79 Å². The van der Waals surface area contributed by atoms with Crippen LogP contribution in [0.2, 0.25) is 0 Å². The van der Waals surface area contributed by atoms with Gasteiger partial charge in [-0.2, -0.15) is 5.26 Å². The zero-order valence-electron chi connectivity index (χ0n) is 14.3. The van der Waals surface area contributed by atoms with Gasteiger partial charge in [-0.3, -0.25) is 0 Å². The van der Waals surface area contributed by atoms with Gasteiger partial charge in [0.25, 0.3) is 0 Å². The Morgan fingerprint density at radius 1 is 1.12 bits per heavy atom. The molecule has 4 aromatic rings. The Bertz CT molecular complexity index is 1210. The van der Waals surface area contributed by atoms with E-state index in [-0.39, 0.29) is 5.97 Å². The quantitative estimate of drug-likeness (QED) is 0.532. The third-order valence-electron chi connectivity index (χ3n) is 4.77. The first-order valence-electron chi connectivity index (χ1n) is 8.19. The maximum atomic E-state index is 12.2. The first-order chi connectivity index (χ1) is 12.0. The fourth-order valence-electron chi connectivity index (χ4n) is 3.61. The van der Waals surface area contributed by atoms with Crippen molar-refractivity contribution < 1.29 is 9.53 Å². The third kappa shape index (κ3) is 2.11. The van der Waals surface area contributed by atoms with Gasteiger partial charge in [-0.15, -0.1) is 0 Å². The minimum Gasteiger partial charge on any atom is -0.461 e. The summed E-state index contributed by atoms with van der Waals surface area (Å²) < 4.78 is 5.14. The average molecular weight is 331 g/mol. The van der Waals surface area contributed by atoms with Gasteiger partial charge in [0, 0.05) is 27.2 Å². The molecule has 5 nitrogen and oxygen atoms in total. The number of esters is 1. The van der Waals surface area contributed by atoms with Crippen molar-refractivity contribution in [3.8, 4) is 6.07 Å². The zero-order chi connectivity index (χ0) is 17.7. The SMILES string of the molecule is CCOC(=O)c1[nH]c2cc3c([nH]c4ccc(C#N)cc43)c(C)c2c1C. The molecule has 2 aromatic carbocycles. The number of ether oxygens (including phenoxy) is 1. The van der Waals surface area contributed by atoms with Crippen molar-refractivity contribution in [2.24, 2.45) is 0 Å². The molecule has 0 aliphatic rings. The summed E-state index contributed by atoms with van der Waals surface area (Å²) >= 11 is 0. The Morgan fingerprint density at radius 3 is 2.64 bits per heavy atom. The highest BCUT2D eigenvalue weighted by Gasteiger charge is 2.19. The Labute approximate surface area is 144 Å². The summed E-state index contributed by atoms with van der Waals surface area (Å²) in [6.45, 7) is 6.11. The monoisotopic (exact) mass is 331 g/mol. The standard InChI is InChI=1S/C20H17N3O2/c1-4-25-20(24)19-11(3)17-10(2)18-14(8-16(17)23-19)13-7-12(9-21)5-6-15(13)22-18/h5-8,22-23H,4H2,1-3H3. The highest BCUT2D eigenvalue weighted by molar-refractivity contribution is 6.15. The van der Waals surface area contributed by atoms with Gasteiger partial charge in [0.15, 0.2) is 0 Å². The predicted octanol–water partition coefficient (Wildman–Crippen LogP) is 4.47. The lowest BCUT2D eigenvalue weighted by atomic mass is 10.0. The molecule has 0 atom stereocenters. The van der Waals surface area contributed by atoms with Crippen molar-refractivity contribution in [2.75, 3.05) is 6.61 Å². The van der Waals surface area contributed by atoms with Gasteiger partial charge in [0.2, 0.25) is 0 Å². The van der Waals surface area contributed by atoms with Gasteiger partial charge >= 0.3 is 5.97 Å². The summed E-state index contributed by atoms with van der Waals surface area (Å²) in [5, 5.41) is 12.2. The van der Waals surface area contributed by atoms with Crippen LogP contribution in [0.5, 0.6) is 0 Å². The minimum absolute atomic E-state index is 0.337. The molecule has 4 rings (SSSR count). The second-order valence-corrected chi connectivity index (χ2v) is 6.19. The van der Waals surface area contributed by atoms with E-state index in [0.717, 1.165) is 43.8 Å². The molecule has 124 valence electrons. The van der Waals surface area contributed by atoms with Gasteiger partial charge in [0.05, 0.1) is 23.8 Å². The number of rotatable bonds is 2. The third-order valence-corrected chi connectivity index (χ3v) is 4.77. The summed E-state index contributed by atoms with van der Waals surface area (Å²) in [6, 6.07) is 9.85. The van der Waals surface area contributed by atoms with Gasteiger partial charge in [0.1, 0.15) is 5.69 Å². The summed E-state index contributed by atoms with van der Waals surface area (Å²) in [4.78, 5) is 18.8. The van der Waals surface area contributed by atoms with E-state index in [1.54, 1.807) is 6.92 Å². The molecule has 0 bridgehead atoms. The molecule has 0 spiro atoms. The molecule has 2 heterocycles. The molecule has 5 heteroatoms. The molecule has 0 saturated carbocycles. The van der Waals surface area contributed by atoms with E-state index >= 15 is 0 Å². The second-order valence-electron chi connectivity index (χ2n) is 6.19. The molecule has 0 unspecified atom stereocenters.